The van der Waals surface area contributed by atoms with Gasteiger partial charge in [0.1, 0.15) is 5.01 Å². The topological polar surface area (TPSA) is 96.7 Å². The van der Waals surface area contributed by atoms with E-state index in [1.807, 2.05) is 23.6 Å². The fourth-order valence-electron chi connectivity index (χ4n) is 2.23. The van der Waals surface area contributed by atoms with Crippen molar-refractivity contribution in [2.24, 2.45) is 11.7 Å². The lowest BCUT2D eigenvalue weighted by molar-refractivity contribution is -0.115. The molecule has 1 aromatic carbocycles. The first-order valence-corrected chi connectivity index (χ1v) is 8.34. The summed E-state index contributed by atoms with van der Waals surface area (Å²) in [6.45, 7) is 4.12. The molecule has 3 rings (SSSR count). The molecule has 4 N–H and O–H groups in total. The molecule has 0 aliphatic heterocycles. The van der Waals surface area contributed by atoms with Crippen LogP contribution in [0.25, 0.3) is 10.9 Å². The summed E-state index contributed by atoms with van der Waals surface area (Å²) in [5, 5.41) is 13.5. The van der Waals surface area contributed by atoms with Gasteiger partial charge in [0, 0.05) is 16.5 Å². The Labute approximate surface area is 138 Å². The van der Waals surface area contributed by atoms with Crippen molar-refractivity contribution in [2.75, 3.05) is 5.32 Å². The monoisotopic (exact) mass is 329 g/mol. The first kappa shape index (κ1) is 15.6. The number of carbonyl (C=O) groups is 1. The van der Waals surface area contributed by atoms with Crippen LogP contribution >= 0.6 is 11.3 Å². The number of hydrogen-bond donors (Lipinski definition) is 3. The summed E-state index contributed by atoms with van der Waals surface area (Å²) < 4.78 is 0. The lowest BCUT2D eigenvalue weighted by Crippen LogP contribution is -2.17. The number of rotatable bonds is 5. The van der Waals surface area contributed by atoms with E-state index in [2.05, 4.69) is 34.3 Å². The predicted octanol–water partition coefficient (Wildman–Crippen LogP) is 2.86. The Balaban J connectivity index is 1.65. The van der Waals surface area contributed by atoms with Gasteiger partial charge in [-0.25, -0.2) is 4.98 Å². The van der Waals surface area contributed by atoms with Crippen molar-refractivity contribution in [3.8, 4) is 0 Å². The van der Waals surface area contributed by atoms with Gasteiger partial charge < -0.3 is 11.1 Å². The average Bonchev–Trinajstić information content (AvgIpc) is 3.14. The van der Waals surface area contributed by atoms with Gasteiger partial charge in [0.2, 0.25) is 5.91 Å². The maximum absolute atomic E-state index is 12.2. The first-order valence-electron chi connectivity index (χ1n) is 7.46. The average molecular weight is 329 g/mol. The van der Waals surface area contributed by atoms with Gasteiger partial charge in [-0.3, -0.25) is 9.89 Å². The van der Waals surface area contributed by atoms with Crippen molar-refractivity contribution in [2.45, 2.75) is 26.3 Å². The number of fused-ring (bicyclic) bond motifs is 1. The summed E-state index contributed by atoms with van der Waals surface area (Å²) in [5.74, 6) is 0.225. The summed E-state index contributed by atoms with van der Waals surface area (Å²) in [6.07, 6.45) is 1.98. The van der Waals surface area contributed by atoms with Crippen molar-refractivity contribution in [1.82, 2.24) is 15.2 Å². The Kier molecular flexibility index (Phi) is 4.40. The number of anilines is 1. The third-order valence-electron chi connectivity index (χ3n) is 3.64. The minimum atomic E-state index is -0.0983. The highest BCUT2D eigenvalue weighted by molar-refractivity contribution is 7.09. The van der Waals surface area contributed by atoms with Gasteiger partial charge >= 0.3 is 0 Å². The zero-order valence-electron chi connectivity index (χ0n) is 13.0. The normalized spacial score (nSPS) is 12.7. The number of carbonyl (C=O) groups excluding carboxylic acids is 1. The fraction of sp³-hybridized carbons (Fsp3) is 0.312. The number of amides is 1. The Morgan fingerprint density at radius 2 is 2.26 bits per heavy atom. The Bertz CT molecular complexity index is 823. The zero-order chi connectivity index (χ0) is 16.4. The molecule has 0 aliphatic carbocycles. The summed E-state index contributed by atoms with van der Waals surface area (Å²) in [4.78, 5) is 16.6. The molecule has 0 fully saturated rings. The molecular formula is C16H19N5OS. The van der Waals surface area contributed by atoms with Crippen LogP contribution in [-0.4, -0.2) is 21.1 Å². The molecule has 0 spiro atoms. The summed E-state index contributed by atoms with van der Waals surface area (Å²) in [7, 11) is 0. The van der Waals surface area contributed by atoms with Crippen LogP contribution in [0.1, 0.15) is 30.6 Å². The fourth-order valence-corrected chi connectivity index (χ4v) is 3.22. The van der Waals surface area contributed by atoms with Gasteiger partial charge in [0.15, 0.2) is 0 Å². The molecule has 6 nitrogen and oxygen atoms in total. The number of H-pyrrole nitrogens is 1. The van der Waals surface area contributed by atoms with Crippen molar-refractivity contribution in [3.63, 3.8) is 0 Å². The molecular weight excluding hydrogens is 310 g/mol. The lowest BCUT2D eigenvalue weighted by atomic mass is 10.1. The number of aromatic nitrogens is 3. The van der Waals surface area contributed by atoms with Gasteiger partial charge in [-0.1, -0.05) is 13.8 Å². The van der Waals surface area contributed by atoms with E-state index in [0.717, 1.165) is 27.3 Å². The van der Waals surface area contributed by atoms with Crippen molar-refractivity contribution < 1.29 is 4.79 Å². The molecule has 0 aliphatic rings. The second-order valence-electron chi connectivity index (χ2n) is 5.84. The van der Waals surface area contributed by atoms with E-state index in [9.17, 15) is 4.79 Å². The molecule has 0 bridgehead atoms. The Hall–Kier alpha value is -2.25. The van der Waals surface area contributed by atoms with E-state index in [0.29, 0.717) is 5.92 Å². The number of hydrogen-bond acceptors (Lipinski definition) is 5. The number of aromatic amines is 1. The largest absolute Gasteiger partial charge is 0.326 e. The van der Waals surface area contributed by atoms with Crippen LogP contribution < -0.4 is 11.1 Å². The molecule has 1 amide bonds. The minimum Gasteiger partial charge on any atom is -0.326 e. The summed E-state index contributed by atoms with van der Waals surface area (Å²) in [5.41, 5.74) is 8.46. The van der Waals surface area contributed by atoms with E-state index in [1.54, 1.807) is 6.20 Å². The van der Waals surface area contributed by atoms with Crippen LogP contribution in [0.4, 0.5) is 5.69 Å². The molecule has 2 aromatic heterocycles. The van der Waals surface area contributed by atoms with E-state index in [4.69, 9.17) is 5.73 Å². The maximum Gasteiger partial charge on any atom is 0.230 e. The molecule has 1 unspecified atom stereocenters. The van der Waals surface area contributed by atoms with Gasteiger partial charge in [0.05, 0.1) is 29.9 Å². The summed E-state index contributed by atoms with van der Waals surface area (Å²) >= 11 is 1.51. The highest BCUT2D eigenvalue weighted by Crippen LogP contribution is 2.23. The second kappa shape index (κ2) is 6.47. The van der Waals surface area contributed by atoms with Crippen LogP contribution in [0.3, 0.4) is 0 Å². The Morgan fingerprint density at radius 3 is 3.04 bits per heavy atom. The smallest absolute Gasteiger partial charge is 0.230 e. The third kappa shape index (κ3) is 3.57. The van der Waals surface area contributed by atoms with Crippen LogP contribution in [0, 0.1) is 5.92 Å². The highest BCUT2D eigenvalue weighted by Gasteiger charge is 2.16. The standard InChI is InChI=1S/C16H19N5OS/c1-9(2)15(17)16-20-12(8-23-16)6-14(22)19-11-4-3-10-7-18-21-13(10)5-11/h3-5,7-9,15H,6,17H2,1-2H3,(H,18,21)(H,19,22). The molecule has 2 heterocycles. The van der Waals surface area contributed by atoms with Crippen LogP contribution in [-0.2, 0) is 11.2 Å². The van der Waals surface area contributed by atoms with Crippen molar-refractivity contribution >= 4 is 33.8 Å². The van der Waals surface area contributed by atoms with Gasteiger partial charge in [-0.2, -0.15) is 5.10 Å². The van der Waals surface area contributed by atoms with Crippen molar-refractivity contribution in [1.29, 1.82) is 0 Å². The summed E-state index contributed by atoms with van der Waals surface area (Å²) in [6, 6.07) is 5.55. The molecule has 1 atom stereocenters. The van der Waals surface area contributed by atoms with Crippen LogP contribution in [0.2, 0.25) is 0 Å². The maximum atomic E-state index is 12.2. The first-order chi connectivity index (χ1) is 11.0. The molecule has 0 saturated heterocycles. The molecule has 0 radical (unpaired) electrons. The van der Waals surface area contributed by atoms with Crippen LogP contribution in [0.15, 0.2) is 29.8 Å². The molecule has 0 saturated carbocycles. The predicted molar refractivity (Wildman–Crippen MR) is 92.3 cm³/mol. The van der Waals surface area contributed by atoms with Crippen molar-refractivity contribution in [3.05, 3.63) is 40.5 Å². The van der Waals surface area contributed by atoms with E-state index in [-0.39, 0.29) is 18.4 Å². The van der Waals surface area contributed by atoms with E-state index in [1.165, 1.54) is 11.3 Å². The Morgan fingerprint density at radius 1 is 1.43 bits per heavy atom. The number of nitrogens with zero attached hydrogens (tertiary/aromatic N) is 2. The lowest BCUT2D eigenvalue weighted by Gasteiger charge is -2.11. The number of thiazole rings is 1. The highest BCUT2D eigenvalue weighted by atomic mass is 32.1. The SMILES string of the molecule is CC(C)C(N)c1nc(CC(=O)Nc2ccc3cn[nH]c3c2)cs1. The number of nitrogens with two attached hydrogens (primary N) is 1. The molecule has 23 heavy (non-hydrogen) atoms. The minimum absolute atomic E-state index is 0.0837. The zero-order valence-corrected chi connectivity index (χ0v) is 13.9. The van der Waals surface area contributed by atoms with Gasteiger partial charge in [0.25, 0.3) is 0 Å². The van der Waals surface area contributed by atoms with Gasteiger partial charge in [-0.15, -0.1) is 11.3 Å². The quantitative estimate of drug-likeness (QED) is 0.670. The number of nitrogens with one attached hydrogen (secondary N) is 2. The molecule has 7 heteroatoms. The molecule has 120 valence electrons. The van der Waals surface area contributed by atoms with Crippen LogP contribution in [0.5, 0.6) is 0 Å². The number of benzene rings is 1. The second-order valence-corrected chi connectivity index (χ2v) is 6.73. The third-order valence-corrected chi connectivity index (χ3v) is 4.64. The molecule has 3 aromatic rings. The van der Waals surface area contributed by atoms with E-state index >= 15 is 0 Å². The van der Waals surface area contributed by atoms with E-state index < -0.39 is 0 Å². The van der Waals surface area contributed by atoms with Gasteiger partial charge in [-0.05, 0) is 24.1 Å².